The van der Waals surface area contributed by atoms with E-state index < -0.39 is 0 Å². The van der Waals surface area contributed by atoms with E-state index in [4.69, 9.17) is 0 Å². The summed E-state index contributed by atoms with van der Waals surface area (Å²) < 4.78 is 2.33. The second-order valence-corrected chi connectivity index (χ2v) is 5.89. The normalized spacial score (nSPS) is 19.7. The molecule has 2 heterocycles. The van der Waals surface area contributed by atoms with Gasteiger partial charge in [-0.25, -0.2) is 4.57 Å². The van der Waals surface area contributed by atoms with Crippen LogP contribution in [0.2, 0.25) is 0 Å². The third-order valence-electron chi connectivity index (χ3n) is 4.28. The van der Waals surface area contributed by atoms with Gasteiger partial charge in [-0.2, -0.15) is 0 Å². The Hall–Kier alpha value is -1.05. The van der Waals surface area contributed by atoms with E-state index >= 15 is 0 Å². The van der Waals surface area contributed by atoms with Crippen LogP contribution in [0.4, 0.5) is 5.69 Å². The van der Waals surface area contributed by atoms with Gasteiger partial charge in [-0.15, -0.1) is 0 Å². The molecule has 0 radical (unpaired) electrons. The first-order valence-electron chi connectivity index (χ1n) is 8.07. The summed E-state index contributed by atoms with van der Waals surface area (Å²) in [5.41, 5.74) is 1.40. The van der Waals surface area contributed by atoms with Crippen LogP contribution >= 0.6 is 0 Å². The fourth-order valence-corrected chi connectivity index (χ4v) is 2.99. The van der Waals surface area contributed by atoms with E-state index in [1.54, 1.807) is 0 Å². The van der Waals surface area contributed by atoms with Crippen LogP contribution in [0.3, 0.4) is 0 Å². The van der Waals surface area contributed by atoms with Crippen LogP contribution < -0.4 is 9.47 Å². The number of hydrogen-bond acceptors (Lipinski definition) is 1. The molecule has 1 saturated heterocycles. The predicted molar refractivity (Wildman–Crippen MR) is 81.4 cm³/mol. The average Bonchev–Trinajstić information content (AvgIpc) is 2.45. The first-order valence-corrected chi connectivity index (χ1v) is 8.07. The Bertz CT molecular complexity index is 358. The lowest BCUT2D eigenvalue weighted by Gasteiger charge is -2.35. The van der Waals surface area contributed by atoms with Crippen molar-refractivity contribution in [1.82, 2.24) is 0 Å². The topological polar surface area (TPSA) is 7.12 Å². The Balaban J connectivity index is 1.87. The van der Waals surface area contributed by atoms with Crippen LogP contribution in [0.1, 0.15) is 58.8 Å². The Labute approximate surface area is 118 Å². The first kappa shape index (κ1) is 14.4. The minimum absolute atomic E-state index is 0.703. The average molecular weight is 261 g/mol. The standard InChI is InChI=1S/C17H29N2/c1-3-4-5-7-12-18-14-10-17(11-15-18)19-13-8-6-9-16(19)2/h10-11,14-16H,3-9,12-13H2,1-2H3/q+1. The van der Waals surface area contributed by atoms with Crippen LogP contribution in [-0.4, -0.2) is 12.6 Å². The zero-order chi connectivity index (χ0) is 13.5. The maximum atomic E-state index is 2.56. The van der Waals surface area contributed by atoms with E-state index in [9.17, 15) is 0 Å². The third-order valence-corrected chi connectivity index (χ3v) is 4.28. The van der Waals surface area contributed by atoms with Crippen LogP contribution in [-0.2, 0) is 6.54 Å². The lowest BCUT2D eigenvalue weighted by Crippen LogP contribution is -2.39. The second-order valence-electron chi connectivity index (χ2n) is 5.89. The molecule has 2 heteroatoms. The maximum Gasteiger partial charge on any atom is 0.170 e. The lowest BCUT2D eigenvalue weighted by atomic mass is 10.0. The van der Waals surface area contributed by atoms with E-state index in [0.717, 1.165) is 6.54 Å². The smallest absolute Gasteiger partial charge is 0.170 e. The van der Waals surface area contributed by atoms with Crippen molar-refractivity contribution in [2.24, 2.45) is 0 Å². The van der Waals surface area contributed by atoms with E-state index in [1.165, 1.54) is 57.2 Å². The van der Waals surface area contributed by atoms with Gasteiger partial charge in [-0.1, -0.05) is 19.8 Å². The molecule has 0 aliphatic carbocycles. The molecule has 0 saturated carbocycles. The number of anilines is 1. The molecule has 0 spiro atoms. The molecule has 2 nitrogen and oxygen atoms in total. The number of aryl methyl sites for hydroxylation is 1. The largest absolute Gasteiger partial charge is 0.368 e. The summed E-state index contributed by atoms with van der Waals surface area (Å²) in [7, 11) is 0. The lowest BCUT2D eigenvalue weighted by molar-refractivity contribution is -0.697. The number of hydrogen-bond donors (Lipinski definition) is 0. The summed E-state index contributed by atoms with van der Waals surface area (Å²) in [6, 6.07) is 5.29. The minimum Gasteiger partial charge on any atom is -0.368 e. The molecule has 0 amide bonds. The van der Waals surface area contributed by atoms with Crippen molar-refractivity contribution >= 4 is 5.69 Å². The van der Waals surface area contributed by atoms with Crippen molar-refractivity contribution in [3.8, 4) is 0 Å². The SMILES string of the molecule is CCCCCC[n+]1ccc(N2CCCCC2C)cc1. The third kappa shape index (κ3) is 4.22. The highest BCUT2D eigenvalue weighted by molar-refractivity contribution is 5.45. The number of piperidine rings is 1. The monoisotopic (exact) mass is 261 g/mol. The van der Waals surface area contributed by atoms with E-state index in [-0.39, 0.29) is 0 Å². The predicted octanol–water partition coefficient (Wildman–Crippen LogP) is 3.93. The summed E-state index contributed by atoms with van der Waals surface area (Å²) in [5.74, 6) is 0. The Morgan fingerprint density at radius 3 is 2.63 bits per heavy atom. The Kier molecular flexibility index (Phi) is 5.68. The second kappa shape index (κ2) is 7.52. The van der Waals surface area contributed by atoms with Gasteiger partial charge in [0.25, 0.3) is 0 Å². The van der Waals surface area contributed by atoms with Gasteiger partial charge in [0, 0.05) is 36.8 Å². The molecule has 1 aliphatic rings. The Morgan fingerprint density at radius 1 is 1.16 bits per heavy atom. The highest BCUT2D eigenvalue weighted by atomic mass is 15.2. The van der Waals surface area contributed by atoms with Gasteiger partial charge in [0.2, 0.25) is 0 Å². The molecule has 1 unspecified atom stereocenters. The summed E-state index contributed by atoms with van der Waals surface area (Å²) in [5, 5.41) is 0. The summed E-state index contributed by atoms with van der Waals surface area (Å²) in [6.45, 7) is 7.00. The number of aromatic nitrogens is 1. The van der Waals surface area contributed by atoms with Crippen LogP contribution in [0.5, 0.6) is 0 Å². The van der Waals surface area contributed by atoms with Crippen LogP contribution in [0, 0.1) is 0 Å². The molecule has 2 rings (SSSR count). The van der Waals surface area contributed by atoms with Crippen molar-refractivity contribution in [2.75, 3.05) is 11.4 Å². The highest BCUT2D eigenvalue weighted by Crippen LogP contribution is 2.23. The molecular formula is C17H29N2+. The molecule has 0 N–H and O–H groups in total. The van der Waals surface area contributed by atoms with Gasteiger partial charge in [0.05, 0.1) is 0 Å². The van der Waals surface area contributed by atoms with Crippen LogP contribution in [0.15, 0.2) is 24.5 Å². The zero-order valence-electron chi connectivity index (χ0n) is 12.6. The molecule has 106 valence electrons. The van der Waals surface area contributed by atoms with Crippen LogP contribution in [0.25, 0.3) is 0 Å². The Morgan fingerprint density at radius 2 is 1.95 bits per heavy atom. The van der Waals surface area contributed by atoms with Gasteiger partial charge in [-0.05, 0) is 32.6 Å². The van der Waals surface area contributed by atoms with E-state index in [1.807, 2.05) is 0 Å². The molecule has 1 aliphatic heterocycles. The molecule has 1 aromatic rings. The van der Waals surface area contributed by atoms with Gasteiger partial charge in [-0.3, -0.25) is 0 Å². The molecule has 0 bridgehead atoms. The minimum atomic E-state index is 0.703. The molecular weight excluding hydrogens is 232 g/mol. The van der Waals surface area contributed by atoms with Crippen molar-refractivity contribution in [2.45, 2.75) is 71.4 Å². The molecule has 1 fully saturated rings. The number of nitrogens with zero attached hydrogens (tertiary/aromatic N) is 2. The summed E-state index contributed by atoms with van der Waals surface area (Å²) in [6.07, 6.45) is 13.9. The summed E-state index contributed by atoms with van der Waals surface area (Å²) >= 11 is 0. The quantitative estimate of drug-likeness (QED) is 0.556. The first-order chi connectivity index (χ1) is 9.31. The van der Waals surface area contributed by atoms with Crippen molar-refractivity contribution in [3.63, 3.8) is 0 Å². The number of rotatable bonds is 6. The van der Waals surface area contributed by atoms with Gasteiger partial charge >= 0.3 is 0 Å². The zero-order valence-corrected chi connectivity index (χ0v) is 12.6. The fraction of sp³-hybridized carbons (Fsp3) is 0.706. The number of pyridine rings is 1. The molecule has 1 atom stereocenters. The van der Waals surface area contributed by atoms with E-state index in [2.05, 4.69) is 47.8 Å². The molecule has 0 aromatic carbocycles. The summed E-state index contributed by atoms with van der Waals surface area (Å²) in [4.78, 5) is 2.56. The van der Waals surface area contributed by atoms with E-state index in [0.29, 0.717) is 6.04 Å². The van der Waals surface area contributed by atoms with Gasteiger partial charge in [0.15, 0.2) is 12.4 Å². The van der Waals surface area contributed by atoms with Crippen molar-refractivity contribution < 1.29 is 4.57 Å². The highest BCUT2D eigenvalue weighted by Gasteiger charge is 2.18. The maximum absolute atomic E-state index is 2.56. The number of unbranched alkanes of at least 4 members (excludes halogenated alkanes) is 3. The molecule has 19 heavy (non-hydrogen) atoms. The van der Waals surface area contributed by atoms with Gasteiger partial charge < -0.3 is 4.90 Å². The van der Waals surface area contributed by atoms with Gasteiger partial charge in [0.1, 0.15) is 6.54 Å². The van der Waals surface area contributed by atoms with Crippen molar-refractivity contribution in [3.05, 3.63) is 24.5 Å². The fourth-order valence-electron chi connectivity index (χ4n) is 2.99. The van der Waals surface area contributed by atoms with Crippen molar-refractivity contribution in [1.29, 1.82) is 0 Å². The molecule has 1 aromatic heterocycles.